The molecule has 0 N–H and O–H groups in total. The van der Waals surface area contributed by atoms with E-state index in [0.29, 0.717) is 0 Å². The predicted octanol–water partition coefficient (Wildman–Crippen LogP) is 4.67. The number of rotatable bonds is 3. The normalized spacial score (nSPS) is 13.9. The summed E-state index contributed by atoms with van der Waals surface area (Å²) in [5.41, 5.74) is 6.63. The van der Waals surface area contributed by atoms with Crippen LogP contribution < -0.4 is 4.90 Å². The molecular weight excluding hydrogens is 242 g/mol. The third-order valence-corrected chi connectivity index (χ3v) is 4.01. The highest BCUT2D eigenvalue weighted by Crippen LogP contribution is 2.31. The minimum absolute atomic E-state index is 0.994. The van der Waals surface area contributed by atoms with E-state index < -0.39 is 0 Å². The maximum Gasteiger partial charge on any atom is 0.0429 e. The van der Waals surface area contributed by atoms with Crippen LogP contribution in [-0.2, 0) is 13.0 Å². The molecule has 1 heterocycles. The lowest BCUT2D eigenvalue weighted by atomic mass is 9.97. The van der Waals surface area contributed by atoms with E-state index in [1.807, 2.05) is 0 Å². The molecule has 0 aliphatic carbocycles. The molecule has 0 radical (unpaired) electrons. The van der Waals surface area contributed by atoms with E-state index in [-0.39, 0.29) is 0 Å². The zero-order valence-corrected chi connectivity index (χ0v) is 12.1. The van der Waals surface area contributed by atoms with Crippen molar-refractivity contribution >= 4 is 11.3 Å². The molecule has 1 aliphatic rings. The summed E-state index contributed by atoms with van der Waals surface area (Å²) in [7, 11) is 0. The number of aryl methyl sites for hydroxylation is 1. The van der Waals surface area contributed by atoms with Gasteiger partial charge in [0.2, 0.25) is 0 Å². The van der Waals surface area contributed by atoms with Crippen molar-refractivity contribution in [2.75, 3.05) is 11.4 Å². The Bertz CT molecular complexity index is 613. The van der Waals surface area contributed by atoms with Gasteiger partial charge >= 0.3 is 0 Å². The van der Waals surface area contributed by atoms with Crippen LogP contribution in [-0.4, -0.2) is 6.54 Å². The van der Waals surface area contributed by atoms with Crippen LogP contribution in [0.1, 0.15) is 30.0 Å². The lowest BCUT2D eigenvalue weighted by molar-refractivity contribution is 0.691. The summed E-state index contributed by atoms with van der Waals surface area (Å²) in [4.78, 5) is 2.50. The number of allylic oxidation sites excluding steroid dienone is 1. The highest BCUT2D eigenvalue weighted by Gasteiger charge is 2.17. The quantitative estimate of drug-likeness (QED) is 0.777. The smallest absolute Gasteiger partial charge is 0.0429 e. The average Bonchev–Trinajstić information content (AvgIpc) is 2.48. The molecule has 102 valence electrons. The van der Waals surface area contributed by atoms with Crippen molar-refractivity contribution in [1.82, 2.24) is 0 Å². The van der Waals surface area contributed by atoms with Crippen molar-refractivity contribution in [2.24, 2.45) is 0 Å². The first-order chi connectivity index (χ1) is 9.74. The topological polar surface area (TPSA) is 3.24 Å². The lowest BCUT2D eigenvalue weighted by Crippen LogP contribution is -2.28. The van der Waals surface area contributed by atoms with Crippen LogP contribution in [0.3, 0.4) is 0 Å². The van der Waals surface area contributed by atoms with Crippen LogP contribution in [0.15, 0.2) is 55.1 Å². The van der Waals surface area contributed by atoms with Crippen molar-refractivity contribution in [1.29, 1.82) is 0 Å². The first kappa shape index (κ1) is 13.0. The van der Waals surface area contributed by atoms with Crippen LogP contribution in [0, 0.1) is 0 Å². The van der Waals surface area contributed by atoms with E-state index in [1.165, 1.54) is 35.2 Å². The van der Waals surface area contributed by atoms with Crippen LogP contribution in [0.5, 0.6) is 0 Å². The van der Waals surface area contributed by atoms with E-state index in [9.17, 15) is 0 Å². The van der Waals surface area contributed by atoms with Gasteiger partial charge in [-0.1, -0.05) is 54.6 Å². The fourth-order valence-electron chi connectivity index (χ4n) is 2.88. The molecule has 0 saturated carbocycles. The Morgan fingerprint density at radius 3 is 2.70 bits per heavy atom. The Morgan fingerprint density at radius 2 is 1.95 bits per heavy atom. The average molecular weight is 263 g/mol. The molecule has 0 fully saturated rings. The molecule has 0 amide bonds. The highest BCUT2D eigenvalue weighted by atomic mass is 15.1. The molecule has 0 atom stereocenters. The van der Waals surface area contributed by atoms with Crippen molar-refractivity contribution in [3.8, 4) is 0 Å². The largest absolute Gasteiger partial charge is 0.367 e. The summed E-state index contributed by atoms with van der Waals surface area (Å²) >= 11 is 0. The third kappa shape index (κ3) is 2.62. The fourth-order valence-corrected chi connectivity index (χ4v) is 2.88. The molecule has 3 rings (SSSR count). The Labute approximate surface area is 121 Å². The van der Waals surface area contributed by atoms with E-state index in [2.05, 4.69) is 66.9 Å². The van der Waals surface area contributed by atoms with Gasteiger partial charge in [0.1, 0.15) is 0 Å². The number of fused-ring (bicyclic) bond motifs is 1. The Hall–Kier alpha value is -2.02. The van der Waals surface area contributed by atoms with Gasteiger partial charge in [-0.25, -0.2) is 0 Å². The molecule has 0 unspecified atom stereocenters. The van der Waals surface area contributed by atoms with Crippen molar-refractivity contribution in [2.45, 2.75) is 26.3 Å². The summed E-state index contributed by atoms with van der Waals surface area (Å²) < 4.78 is 0. The number of nitrogens with zero attached hydrogens (tertiary/aromatic N) is 1. The molecule has 1 aliphatic heterocycles. The third-order valence-electron chi connectivity index (χ3n) is 4.01. The Morgan fingerprint density at radius 1 is 1.15 bits per heavy atom. The molecule has 0 spiro atoms. The molecule has 0 aromatic heterocycles. The summed E-state index contributed by atoms with van der Waals surface area (Å²) in [6.45, 7) is 8.27. The second kappa shape index (κ2) is 5.54. The van der Waals surface area contributed by atoms with Crippen LogP contribution in [0.25, 0.3) is 5.57 Å². The maximum absolute atomic E-state index is 4.06. The van der Waals surface area contributed by atoms with Crippen LogP contribution in [0.2, 0.25) is 0 Å². The molecule has 20 heavy (non-hydrogen) atoms. The number of benzene rings is 2. The summed E-state index contributed by atoms with van der Waals surface area (Å²) in [6.07, 6.45) is 2.43. The first-order valence-corrected chi connectivity index (χ1v) is 7.32. The van der Waals surface area contributed by atoms with E-state index in [1.54, 1.807) is 0 Å². The number of hydrogen-bond acceptors (Lipinski definition) is 1. The zero-order valence-electron chi connectivity index (χ0n) is 12.1. The number of hydrogen-bond donors (Lipinski definition) is 0. The van der Waals surface area contributed by atoms with Gasteiger partial charge in [-0.2, -0.15) is 0 Å². The molecule has 1 nitrogen and oxygen atoms in total. The fraction of sp³-hybridized carbons (Fsp3) is 0.263. The van der Waals surface area contributed by atoms with Crippen molar-refractivity contribution in [3.05, 3.63) is 71.8 Å². The van der Waals surface area contributed by atoms with E-state index >= 15 is 0 Å². The minimum Gasteiger partial charge on any atom is -0.367 e. The van der Waals surface area contributed by atoms with Gasteiger partial charge < -0.3 is 4.90 Å². The molecule has 0 saturated heterocycles. The zero-order chi connectivity index (χ0) is 13.9. The standard InChI is InChI=1S/C19H21N/c1-15(2)18-11-10-17-9-6-12-20(19(17)13-18)14-16-7-4-3-5-8-16/h3-5,7-8,10-11,13H,1,6,9,12,14H2,2H3. The molecule has 1 heteroatoms. The highest BCUT2D eigenvalue weighted by molar-refractivity contribution is 5.68. The van der Waals surface area contributed by atoms with E-state index in [0.717, 1.165) is 18.7 Å². The van der Waals surface area contributed by atoms with Gasteiger partial charge in [-0.15, -0.1) is 0 Å². The van der Waals surface area contributed by atoms with Gasteiger partial charge in [-0.05, 0) is 42.5 Å². The molecule has 2 aromatic carbocycles. The van der Waals surface area contributed by atoms with Gasteiger partial charge in [0.25, 0.3) is 0 Å². The van der Waals surface area contributed by atoms with E-state index in [4.69, 9.17) is 0 Å². The Balaban J connectivity index is 1.92. The molecular formula is C19H21N. The minimum atomic E-state index is 0.994. The maximum atomic E-state index is 4.06. The summed E-state index contributed by atoms with van der Waals surface area (Å²) in [5.74, 6) is 0. The molecule has 2 aromatic rings. The lowest BCUT2D eigenvalue weighted by Gasteiger charge is -2.32. The van der Waals surface area contributed by atoms with Gasteiger partial charge in [0.05, 0.1) is 0 Å². The van der Waals surface area contributed by atoms with Gasteiger partial charge in [0.15, 0.2) is 0 Å². The second-order valence-corrected chi connectivity index (χ2v) is 5.63. The van der Waals surface area contributed by atoms with Crippen molar-refractivity contribution in [3.63, 3.8) is 0 Å². The summed E-state index contributed by atoms with van der Waals surface area (Å²) in [6, 6.07) is 17.5. The molecule has 0 bridgehead atoms. The number of anilines is 1. The predicted molar refractivity (Wildman–Crippen MR) is 87.0 cm³/mol. The second-order valence-electron chi connectivity index (χ2n) is 5.63. The monoisotopic (exact) mass is 263 g/mol. The van der Waals surface area contributed by atoms with Gasteiger partial charge in [0, 0.05) is 18.8 Å². The summed E-state index contributed by atoms with van der Waals surface area (Å²) in [5, 5.41) is 0. The van der Waals surface area contributed by atoms with Crippen LogP contribution >= 0.6 is 0 Å². The SMILES string of the molecule is C=C(C)c1ccc2c(c1)N(Cc1ccccc1)CCC2. The van der Waals surface area contributed by atoms with Crippen molar-refractivity contribution < 1.29 is 0 Å². The first-order valence-electron chi connectivity index (χ1n) is 7.32. The van der Waals surface area contributed by atoms with Gasteiger partial charge in [-0.3, -0.25) is 0 Å². The Kier molecular flexibility index (Phi) is 3.60. The van der Waals surface area contributed by atoms with Crippen LogP contribution in [0.4, 0.5) is 5.69 Å².